The quantitative estimate of drug-likeness (QED) is 0.649. The molecular formula is C28H30FN3O4. The third kappa shape index (κ3) is 4.07. The molecule has 3 amide bonds. The number of rotatable bonds is 5. The summed E-state index contributed by atoms with van der Waals surface area (Å²) < 4.78 is 21.9. The van der Waals surface area contributed by atoms with E-state index >= 15 is 4.39 Å². The number of likely N-dealkylation sites (tertiary alicyclic amines) is 1. The van der Waals surface area contributed by atoms with E-state index in [9.17, 15) is 14.4 Å². The maximum atomic E-state index is 15.6. The van der Waals surface area contributed by atoms with Crippen LogP contribution in [0.3, 0.4) is 0 Å². The van der Waals surface area contributed by atoms with E-state index in [1.807, 2.05) is 6.07 Å². The molecular weight excluding hydrogens is 461 g/mol. The lowest BCUT2D eigenvalue weighted by Gasteiger charge is -2.48. The average Bonchev–Trinajstić information content (AvgIpc) is 3.18. The lowest BCUT2D eigenvalue weighted by Crippen LogP contribution is -2.57. The Morgan fingerprint density at radius 1 is 0.944 bits per heavy atom. The molecule has 36 heavy (non-hydrogen) atoms. The number of benzene rings is 2. The highest BCUT2D eigenvalue weighted by atomic mass is 19.1. The number of hydrogen-bond donors (Lipinski definition) is 1. The van der Waals surface area contributed by atoms with Gasteiger partial charge in [0.25, 0.3) is 5.91 Å². The number of halogens is 1. The Balaban J connectivity index is 1.16. The molecule has 7 nitrogen and oxygen atoms in total. The number of hydrogen-bond acceptors (Lipinski definition) is 5. The van der Waals surface area contributed by atoms with Crippen LogP contribution in [0.25, 0.3) is 0 Å². The molecule has 0 spiro atoms. The van der Waals surface area contributed by atoms with Gasteiger partial charge in [-0.05, 0) is 43.4 Å². The highest BCUT2D eigenvalue weighted by Gasteiger charge is 2.42. The van der Waals surface area contributed by atoms with Crippen LogP contribution in [0.5, 0.6) is 5.75 Å². The number of carbonyl (C=O) groups is 3. The topological polar surface area (TPSA) is 79.0 Å². The smallest absolute Gasteiger partial charge is 0.255 e. The molecule has 188 valence electrons. The first-order valence-corrected chi connectivity index (χ1v) is 12.9. The lowest BCUT2D eigenvalue weighted by molar-refractivity contribution is -0.136. The van der Waals surface area contributed by atoms with Crippen LogP contribution in [0.2, 0.25) is 0 Å². The number of amides is 3. The van der Waals surface area contributed by atoms with Crippen molar-refractivity contribution in [3.05, 3.63) is 65.0 Å². The Kier molecular flexibility index (Phi) is 5.99. The second kappa shape index (κ2) is 9.32. The third-order valence-electron chi connectivity index (χ3n) is 8.21. The highest BCUT2D eigenvalue weighted by molar-refractivity contribution is 6.05. The van der Waals surface area contributed by atoms with E-state index in [2.05, 4.69) is 34.5 Å². The van der Waals surface area contributed by atoms with Gasteiger partial charge in [0.15, 0.2) is 11.6 Å². The lowest BCUT2D eigenvalue weighted by atomic mass is 9.84. The predicted octanol–water partition coefficient (Wildman–Crippen LogP) is 3.38. The van der Waals surface area contributed by atoms with E-state index in [0.29, 0.717) is 5.92 Å². The van der Waals surface area contributed by atoms with Gasteiger partial charge in [0.1, 0.15) is 12.1 Å². The van der Waals surface area contributed by atoms with Gasteiger partial charge in [-0.3, -0.25) is 24.6 Å². The number of imide groups is 1. The number of nitrogens with one attached hydrogen (secondary N) is 1. The van der Waals surface area contributed by atoms with Crippen molar-refractivity contribution in [2.24, 2.45) is 0 Å². The average molecular weight is 492 g/mol. The van der Waals surface area contributed by atoms with E-state index in [4.69, 9.17) is 4.74 Å². The van der Waals surface area contributed by atoms with Crippen molar-refractivity contribution >= 4 is 17.7 Å². The minimum absolute atomic E-state index is 0.00243. The minimum Gasteiger partial charge on any atom is -0.486 e. The first-order chi connectivity index (χ1) is 17.5. The molecule has 1 saturated carbocycles. The van der Waals surface area contributed by atoms with Crippen molar-refractivity contribution in [3.63, 3.8) is 0 Å². The second-order valence-corrected chi connectivity index (χ2v) is 10.4. The normalized spacial score (nSPS) is 27.0. The van der Waals surface area contributed by atoms with Crippen molar-refractivity contribution in [2.75, 3.05) is 13.1 Å². The van der Waals surface area contributed by atoms with Crippen molar-refractivity contribution in [1.29, 1.82) is 0 Å². The zero-order valence-corrected chi connectivity index (χ0v) is 20.1. The summed E-state index contributed by atoms with van der Waals surface area (Å²) in [7, 11) is 0. The number of carbonyl (C=O) groups excluding carboxylic acids is 3. The Bertz CT molecular complexity index is 1200. The van der Waals surface area contributed by atoms with Gasteiger partial charge in [-0.2, -0.15) is 0 Å². The summed E-state index contributed by atoms with van der Waals surface area (Å²) in [6.07, 6.45) is 4.39. The molecule has 0 radical (unpaired) electrons. The largest absolute Gasteiger partial charge is 0.486 e. The predicted molar refractivity (Wildman–Crippen MR) is 130 cm³/mol. The van der Waals surface area contributed by atoms with Crippen molar-refractivity contribution in [1.82, 2.24) is 15.1 Å². The van der Waals surface area contributed by atoms with Gasteiger partial charge in [0.2, 0.25) is 11.8 Å². The van der Waals surface area contributed by atoms with E-state index in [1.165, 1.54) is 10.5 Å². The molecule has 2 saturated heterocycles. The highest BCUT2D eigenvalue weighted by Crippen LogP contribution is 2.38. The first-order valence-electron chi connectivity index (χ1n) is 12.9. The van der Waals surface area contributed by atoms with E-state index in [1.54, 1.807) is 12.1 Å². The van der Waals surface area contributed by atoms with Gasteiger partial charge < -0.3 is 9.64 Å². The molecule has 1 aliphatic carbocycles. The molecule has 2 aromatic carbocycles. The Labute approximate surface area is 209 Å². The molecule has 3 atom stereocenters. The van der Waals surface area contributed by atoms with E-state index < -0.39 is 17.8 Å². The molecule has 6 rings (SSSR count). The molecule has 2 aromatic rings. The summed E-state index contributed by atoms with van der Waals surface area (Å²) in [5.74, 6) is -1.06. The molecule has 0 aromatic heterocycles. The third-order valence-corrected chi connectivity index (χ3v) is 8.21. The molecule has 3 fully saturated rings. The van der Waals surface area contributed by atoms with Crippen molar-refractivity contribution < 1.29 is 23.5 Å². The van der Waals surface area contributed by atoms with Crippen LogP contribution in [0.15, 0.2) is 42.5 Å². The van der Waals surface area contributed by atoms with Crippen molar-refractivity contribution in [3.8, 4) is 5.75 Å². The Morgan fingerprint density at radius 2 is 1.72 bits per heavy atom. The maximum Gasteiger partial charge on any atom is 0.255 e. The standard InChI is InChI=1S/C28H30FN3O4/c29-26-20-16-32(22-11-13-25(33)30-27(22)34)28(35)19(20)10-12-24(26)36-23-9-5-4-8-21(23)31-14-18(15-31)17-6-2-1-3-7-17/h1-3,6-7,10,12,18,21-23H,4-5,8-9,11,13-16H2,(H,30,33,34)/t21-,22-,23+/m0/s1. The SMILES string of the molecule is O=C1CC[C@H](N2Cc3c(ccc(O[C@@H]4CCCC[C@@H]4N4CC(c5ccccc5)C4)c3F)C2=O)C(=O)N1. The van der Waals surface area contributed by atoms with Crippen LogP contribution in [-0.2, 0) is 16.1 Å². The summed E-state index contributed by atoms with van der Waals surface area (Å²) in [4.78, 5) is 40.6. The summed E-state index contributed by atoms with van der Waals surface area (Å²) in [6, 6.07) is 13.2. The fraction of sp³-hybridized carbons (Fsp3) is 0.464. The van der Waals surface area contributed by atoms with Gasteiger partial charge in [0.05, 0.1) is 6.54 Å². The first kappa shape index (κ1) is 23.2. The van der Waals surface area contributed by atoms with Crippen LogP contribution in [0.1, 0.15) is 65.9 Å². The van der Waals surface area contributed by atoms with Crippen LogP contribution in [0, 0.1) is 5.82 Å². The van der Waals surface area contributed by atoms with Crippen LogP contribution >= 0.6 is 0 Å². The van der Waals surface area contributed by atoms with E-state index in [0.717, 1.165) is 38.8 Å². The number of fused-ring (bicyclic) bond motifs is 1. The fourth-order valence-corrected chi connectivity index (χ4v) is 6.19. The molecule has 4 aliphatic rings. The minimum atomic E-state index is -0.766. The van der Waals surface area contributed by atoms with E-state index in [-0.39, 0.29) is 60.2 Å². The molecule has 1 N–H and O–H groups in total. The molecule has 8 heteroatoms. The summed E-state index contributed by atoms with van der Waals surface area (Å²) in [6.45, 7) is 1.97. The maximum absolute atomic E-state index is 15.6. The summed E-state index contributed by atoms with van der Waals surface area (Å²) in [5.41, 5.74) is 1.89. The monoisotopic (exact) mass is 491 g/mol. The summed E-state index contributed by atoms with van der Waals surface area (Å²) >= 11 is 0. The number of piperidine rings is 1. The van der Waals surface area contributed by atoms with Crippen molar-refractivity contribution in [2.45, 2.75) is 69.2 Å². The van der Waals surface area contributed by atoms with Crippen LogP contribution in [0.4, 0.5) is 4.39 Å². The van der Waals surface area contributed by atoms with Crippen LogP contribution < -0.4 is 10.1 Å². The second-order valence-electron chi connectivity index (χ2n) is 10.4. The fourth-order valence-electron chi connectivity index (χ4n) is 6.19. The summed E-state index contributed by atoms with van der Waals surface area (Å²) in [5, 5.41) is 2.28. The zero-order valence-electron chi connectivity index (χ0n) is 20.1. The van der Waals surface area contributed by atoms with Gasteiger partial charge >= 0.3 is 0 Å². The number of nitrogens with zero attached hydrogens (tertiary/aromatic N) is 2. The Morgan fingerprint density at radius 3 is 2.50 bits per heavy atom. The van der Waals surface area contributed by atoms with Gasteiger partial charge in [-0.15, -0.1) is 0 Å². The molecule has 3 aliphatic heterocycles. The van der Waals surface area contributed by atoms with Gasteiger partial charge in [-0.25, -0.2) is 4.39 Å². The number of ether oxygens (including phenoxy) is 1. The molecule has 0 bridgehead atoms. The van der Waals surface area contributed by atoms with Crippen LogP contribution in [-0.4, -0.2) is 58.8 Å². The molecule has 0 unspecified atom stereocenters. The van der Waals surface area contributed by atoms with Gasteiger partial charge in [-0.1, -0.05) is 36.8 Å². The Hall–Kier alpha value is -3.26. The van der Waals surface area contributed by atoms with Gasteiger partial charge in [0, 0.05) is 42.6 Å². The zero-order chi connectivity index (χ0) is 24.8. The molecule has 3 heterocycles.